The largest absolute Gasteiger partial charge is 0.354 e. The SMILES string of the molecule is CC(C)c1csc([S@@](N)(=O)=NC(=O)Nc2c3c(cc4c2CCC4)CCC3)c1. The van der Waals surface area contributed by atoms with Gasteiger partial charge in [-0.3, -0.25) is 0 Å². The van der Waals surface area contributed by atoms with Crippen molar-refractivity contribution in [2.24, 2.45) is 9.50 Å². The van der Waals surface area contributed by atoms with Crippen LogP contribution in [0.15, 0.2) is 26.1 Å². The Hall–Kier alpha value is -1.70. The second kappa shape index (κ2) is 7.04. The number of aryl methyl sites for hydroxylation is 2. The Morgan fingerprint density at radius 2 is 1.78 bits per heavy atom. The molecular formula is C20H25N3O2S2. The molecule has 144 valence electrons. The first kappa shape index (κ1) is 18.7. The molecule has 0 unspecified atom stereocenters. The fraction of sp³-hybridized carbons (Fsp3) is 0.450. The van der Waals surface area contributed by atoms with Crippen LogP contribution in [0.1, 0.15) is 60.4 Å². The first-order valence-electron chi connectivity index (χ1n) is 9.46. The zero-order valence-electron chi connectivity index (χ0n) is 15.7. The highest BCUT2D eigenvalue weighted by atomic mass is 32.2. The number of carbonyl (C=O) groups is 1. The molecular weight excluding hydrogens is 378 g/mol. The molecule has 5 nitrogen and oxygen atoms in total. The standard InChI is InChI=1S/C20H25N3O2S2/c1-12(2)15-10-18(26-11-15)27(21,25)23-20(24)22-19-16-7-3-5-13(16)9-14-6-4-8-17(14)19/h9-12H,3-8H2,1-2H3,(H3,21,22,23,24,25)/t27-/m0/s1. The first-order chi connectivity index (χ1) is 12.8. The molecule has 2 aliphatic carbocycles. The highest BCUT2D eigenvalue weighted by Gasteiger charge is 2.25. The number of fused-ring (bicyclic) bond motifs is 2. The predicted octanol–water partition coefficient (Wildman–Crippen LogP) is 4.78. The summed E-state index contributed by atoms with van der Waals surface area (Å²) in [6.07, 6.45) is 6.28. The van der Waals surface area contributed by atoms with Crippen molar-refractivity contribution in [3.63, 3.8) is 0 Å². The van der Waals surface area contributed by atoms with E-state index < -0.39 is 15.9 Å². The first-order valence-corrected chi connectivity index (χ1v) is 11.9. The number of anilines is 1. The molecule has 0 saturated carbocycles. The van der Waals surface area contributed by atoms with Crippen molar-refractivity contribution in [3.05, 3.63) is 45.3 Å². The Morgan fingerprint density at radius 3 is 2.33 bits per heavy atom. The maximum Gasteiger partial charge on any atom is 0.354 e. The van der Waals surface area contributed by atoms with Crippen molar-refractivity contribution in [2.75, 3.05) is 5.32 Å². The molecule has 27 heavy (non-hydrogen) atoms. The molecule has 1 atom stereocenters. The van der Waals surface area contributed by atoms with Gasteiger partial charge in [0.15, 0.2) is 9.92 Å². The molecule has 1 aromatic heterocycles. The van der Waals surface area contributed by atoms with Crippen LogP contribution in [-0.4, -0.2) is 10.2 Å². The van der Waals surface area contributed by atoms with Crippen molar-refractivity contribution in [1.29, 1.82) is 0 Å². The van der Waals surface area contributed by atoms with Crippen LogP contribution >= 0.6 is 11.3 Å². The topological polar surface area (TPSA) is 84.6 Å². The number of nitrogens with zero attached hydrogens (tertiary/aromatic N) is 1. The van der Waals surface area contributed by atoms with E-state index >= 15 is 0 Å². The van der Waals surface area contributed by atoms with Gasteiger partial charge < -0.3 is 5.32 Å². The molecule has 0 spiro atoms. The maximum absolute atomic E-state index is 12.9. The number of hydrogen-bond donors (Lipinski definition) is 2. The van der Waals surface area contributed by atoms with Crippen molar-refractivity contribution in [1.82, 2.24) is 0 Å². The predicted molar refractivity (Wildman–Crippen MR) is 111 cm³/mol. The Morgan fingerprint density at radius 1 is 1.15 bits per heavy atom. The normalized spacial score (nSPS) is 17.5. The fourth-order valence-electron chi connectivity index (χ4n) is 4.05. The zero-order valence-corrected chi connectivity index (χ0v) is 17.3. The molecule has 3 N–H and O–H groups in total. The Kier molecular flexibility index (Phi) is 4.86. The summed E-state index contributed by atoms with van der Waals surface area (Å²) in [7, 11) is -3.24. The van der Waals surface area contributed by atoms with Crippen LogP contribution in [0.3, 0.4) is 0 Å². The smallest absolute Gasteiger partial charge is 0.305 e. The third-order valence-corrected chi connectivity index (χ3v) is 8.35. The van der Waals surface area contributed by atoms with Crippen LogP contribution in [0.5, 0.6) is 0 Å². The minimum atomic E-state index is -3.24. The number of benzene rings is 1. The number of nitrogens with two attached hydrogens (primary N) is 1. The molecule has 1 heterocycles. The van der Waals surface area contributed by atoms with E-state index in [2.05, 4.69) is 29.6 Å². The lowest BCUT2D eigenvalue weighted by molar-refractivity contribution is 0.260. The Labute approximate surface area is 164 Å². The van der Waals surface area contributed by atoms with Gasteiger partial charge in [-0.15, -0.1) is 15.7 Å². The monoisotopic (exact) mass is 403 g/mol. The van der Waals surface area contributed by atoms with E-state index in [0.717, 1.165) is 49.8 Å². The molecule has 1 aromatic carbocycles. The molecule has 0 bridgehead atoms. The zero-order chi connectivity index (χ0) is 19.2. The van der Waals surface area contributed by atoms with Crippen molar-refractivity contribution >= 4 is 33.0 Å². The van der Waals surface area contributed by atoms with Crippen molar-refractivity contribution in [2.45, 2.75) is 62.5 Å². The average Bonchev–Trinajstić information content (AvgIpc) is 3.34. The molecule has 0 radical (unpaired) electrons. The van der Waals surface area contributed by atoms with Gasteiger partial charge in [0.1, 0.15) is 4.21 Å². The summed E-state index contributed by atoms with van der Waals surface area (Å²) < 4.78 is 17.2. The summed E-state index contributed by atoms with van der Waals surface area (Å²) in [5.41, 5.74) is 7.07. The van der Waals surface area contributed by atoms with Gasteiger partial charge in [-0.2, -0.15) is 0 Å². The molecule has 0 saturated heterocycles. The van der Waals surface area contributed by atoms with E-state index in [0.29, 0.717) is 10.1 Å². The van der Waals surface area contributed by atoms with Crippen molar-refractivity contribution < 1.29 is 9.00 Å². The van der Waals surface area contributed by atoms with E-state index in [9.17, 15) is 9.00 Å². The van der Waals surface area contributed by atoms with Crippen LogP contribution in [0, 0.1) is 0 Å². The number of rotatable bonds is 3. The van der Waals surface area contributed by atoms with Crippen LogP contribution in [0.25, 0.3) is 0 Å². The second-order valence-electron chi connectivity index (χ2n) is 7.68. The lowest BCUT2D eigenvalue weighted by Gasteiger charge is -2.15. The number of carbonyl (C=O) groups excluding carboxylic acids is 1. The van der Waals surface area contributed by atoms with Gasteiger partial charge in [0.25, 0.3) is 0 Å². The number of thiophene rings is 1. The molecule has 4 rings (SSSR count). The summed E-state index contributed by atoms with van der Waals surface area (Å²) in [4.78, 5) is 12.6. The Balaban J connectivity index is 1.65. The summed E-state index contributed by atoms with van der Waals surface area (Å²) in [6, 6.07) is 3.49. The summed E-state index contributed by atoms with van der Waals surface area (Å²) in [5, 5.41) is 10.8. The summed E-state index contributed by atoms with van der Waals surface area (Å²) in [6.45, 7) is 4.12. The van der Waals surface area contributed by atoms with Gasteiger partial charge in [0.2, 0.25) is 0 Å². The molecule has 2 amide bonds. The molecule has 0 fully saturated rings. The lowest BCUT2D eigenvalue weighted by Crippen LogP contribution is -2.18. The molecule has 2 aromatic rings. The quantitative estimate of drug-likeness (QED) is 0.773. The third kappa shape index (κ3) is 3.56. The van der Waals surface area contributed by atoms with Gasteiger partial charge in [-0.1, -0.05) is 19.9 Å². The molecule has 2 aliphatic rings. The van der Waals surface area contributed by atoms with E-state index in [1.54, 1.807) is 6.07 Å². The van der Waals surface area contributed by atoms with Gasteiger partial charge >= 0.3 is 6.03 Å². The number of hydrogen-bond acceptors (Lipinski definition) is 3. The number of urea groups is 1. The minimum absolute atomic E-state index is 0.313. The van der Waals surface area contributed by atoms with Crippen LogP contribution in [0.4, 0.5) is 10.5 Å². The van der Waals surface area contributed by atoms with E-state index in [1.165, 1.54) is 33.6 Å². The summed E-state index contributed by atoms with van der Waals surface area (Å²) in [5.74, 6) is 0.313. The molecule has 7 heteroatoms. The van der Waals surface area contributed by atoms with Crippen LogP contribution in [0.2, 0.25) is 0 Å². The van der Waals surface area contributed by atoms with Gasteiger partial charge in [0.05, 0.1) is 0 Å². The van der Waals surface area contributed by atoms with Crippen molar-refractivity contribution in [3.8, 4) is 0 Å². The molecule has 0 aliphatic heterocycles. The van der Waals surface area contributed by atoms with E-state index in [4.69, 9.17) is 5.14 Å². The van der Waals surface area contributed by atoms with Crippen LogP contribution in [-0.2, 0) is 35.6 Å². The maximum atomic E-state index is 12.9. The average molecular weight is 404 g/mol. The van der Waals surface area contributed by atoms with Gasteiger partial charge in [0, 0.05) is 5.69 Å². The Bertz CT molecular complexity index is 998. The highest BCUT2D eigenvalue weighted by molar-refractivity contribution is 7.93. The lowest BCUT2D eigenvalue weighted by atomic mass is 9.99. The van der Waals surface area contributed by atoms with E-state index in [-0.39, 0.29) is 0 Å². The third-order valence-electron chi connectivity index (χ3n) is 5.47. The van der Waals surface area contributed by atoms with E-state index in [1.807, 2.05) is 5.38 Å². The number of nitrogens with one attached hydrogen (secondary N) is 1. The minimum Gasteiger partial charge on any atom is -0.305 e. The summed E-state index contributed by atoms with van der Waals surface area (Å²) >= 11 is 1.30. The highest BCUT2D eigenvalue weighted by Crippen LogP contribution is 2.38. The van der Waals surface area contributed by atoms with Gasteiger partial charge in [-0.05, 0) is 83.7 Å². The number of amides is 2. The van der Waals surface area contributed by atoms with Crippen LogP contribution < -0.4 is 10.5 Å². The fourth-order valence-corrected chi connectivity index (χ4v) is 6.34. The van der Waals surface area contributed by atoms with Gasteiger partial charge in [-0.25, -0.2) is 14.1 Å². The second-order valence-corrected chi connectivity index (χ2v) is 10.6.